The Labute approximate surface area is 180 Å². The molecular weight excluding hydrogens is 407 g/mol. The van der Waals surface area contributed by atoms with Crippen LogP contribution in [-0.2, 0) is 0 Å². The first kappa shape index (κ1) is 20.0. The fourth-order valence-electron chi connectivity index (χ4n) is 3.68. The Morgan fingerprint density at radius 1 is 1.03 bits per heavy atom. The highest BCUT2D eigenvalue weighted by molar-refractivity contribution is 6.35. The zero-order chi connectivity index (χ0) is 20.4. The molecule has 29 heavy (non-hydrogen) atoms. The van der Waals surface area contributed by atoms with Crippen LogP contribution in [0.1, 0.15) is 35.3 Å². The van der Waals surface area contributed by atoms with Gasteiger partial charge in [0, 0.05) is 29.2 Å². The van der Waals surface area contributed by atoms with Crippen molar-refractivity contribution in [3.63, 3.8) is 0 Å². The number of hydrogen-bond donors (Lipinski definition) is 1. The lowest BCUT2D eigenvalue weighted by Gasteiger charge is -2.26. The van der Waals surface area contributed by atoms with Crippen LogP contribution < -0.4 is 5.43 Å². The van der Waals surface area contributed by atoms with Gasteiger partial charge in [-0.1, -0.05) is 60.0 Å². The van der Waals surface area contributed by atoms with Crippen molar-refractivity contribution in [1.82, 2.24) is 20.2 Å². The Bertz CT molecular complexity index is 1030. The van der Waals surface area contributed by atoms with Crippen LogP contribution in [0.15, 0.2) is 48.5 Å². The Kier molecular flexibility index (Phi) is 5.90. The predicted octanol–water partition coefficient (Wildman–Crippen LogP) is 5.29. The van der Waals surface area contributed by atoms with Gasteiger partial charge in [0.2, 0.25) is 0 Å². The highest BCUT2D eigenvalue weighted by Crippen LogP contribution is 2.32. The molecule has 150 valence electrons. The van der Waals surface area contributed by atoms with Gasteiger partial charge in [0.15, 0.2) is 5.69 Å². The number of hydrazine groups is 1. The van der Waals surface area contributed by atoms with Gasteiger partial charge in [-0.3, -0.25) is 10.2 Å². The standard InChI is InChI=1S/C22H22Cl2N4O/c1-15-20(22(29)26-27-12-6-3-7-13-27)25-28(19-11-10-17(23)14-18(19)24)21(15)16-8-4-2-5-9-16/h2,4-5,8-11,14H,3,6-7,12-13H2,1H3,(H,26,29). The van der Waals surface area contributed by atoms with Crippen molar-refractivity contribution in [1.29, 1.82) is 0 Å². The SMILES string of the molecule is Cc1c(C(=O)NN2CCCCC2)nn(-c2ccc(Cl)cc2Cl)c1-c1ccccc1. The zero-order valence-electron chi connectivity index (χ0n) is 16.2. The van der Waals surface area contributed by atoms with Crippen molar-refractivity contribution in [2.45, 2.75) is 26.2 Å². The van der Waals surface area contributed by atoms with Crippen molar-refractivity contribution in [2.24, 2.45) is 0 Å². The minimum absolute atomic E-state index is 0.203. The first-order chi connectivity index (χ1) is 14.0. The van der Waals surface area contributed by atoms with Gasteiger partial charge >= 0.3 is 0 Å². The fourth-order valence-corrected chi connectivity index (χ4v) is 4.16. The lowest BCUT2D eigenvalue weighted by Crippen LogP contribution is -2.45. The molecule has 0 atom stereocenters. The van der Waals surface area contributed by atoms with Gasteiger partial charge in [0.1, 0.15) is 0 Å². The van der Waals surface area contributed by atoms with E-state index >= 15 is 0 Å². The summed E-state index contributed by atoms with van der Waals surface area (Å²) in [5, 5.41) is 7.66. The van der Waals surface area contributed by atoms with Crippen LogP contribution >= 0.6 is 23.2 Å². The topological polar surface area (TPSA) is 50.2 Å². The number of rotatable bonds is 4. The van der Waals surface area contributed by atoms with E-state index in [1.807, 2.05) is 48.3 Å². The number of amides is 1. The Hall–Kier alpha value is -2.34. The van der Waals surface area contributed by atoms with E-state index in [9.17, 15) is 4.79 Å². The molecule has 1 fully saturated rings. The van der Waals surface area contributed by atoms with Crippen LogP contribution in [0.3, 0.4) is 0 Å². The van der Waals surface area contributed by atoms with Crippen LogP contribution in [0.5, 0.6) is 0 Å². The number of carbonyl (C=O) groups excluding carboxylic acids is 1. The van der Waals surface area contributed by atoms with Gasteiger partial charge in [0.25, 0.3) is 5.91 Å². The second-order valence-corrected chi connectivity index (χ2v) is 8.03. The maximum Gasteiger partial charge on any atom is 0.286 e. The number of benzene rings is 2. The molecule has 2 aromatic carbocycles. The van der Waals surface area contributed by atoms with Crippen molar-refractivity contribution in [3.8, 4) is 16.9 Å². The average Bonchev–Trinajstić information content (AvgIpc) is 3.06. The van der Waals surface area contributed by atoms with Crippen LogP contribution in [0, 0.1) is 6.92 Å². The van der Waals surface area contributed by atoms with E-state index in [2.05, 4.69) is 10.5 Å². The third-order valence-electron chi connectivity index (χ3n) is 5.14. The lowest BCUT2D eigenvalue weighted by atomic mass is 10.1. The normalized spacial score (nSPS) is 14.7. The average molecular weight is 429 g/mol. The minimum Gasteiger partial charge on any atom is -0.283 e. The van der Waals surface area contributed by atoms with Crippen LogP contribution in [-0.4, -0.2) is 33.8 Å². The number of nitrogens with one attached hydrogen (secondary N) is 1. The van der Waals surface area contributed by atoms with Gasteiger partial charge in [-0.05, 0) is 38.0 Å². The highest BCUT2D eigenvalue weighted by Gasteiger charge is 2.24. The quantitative estimate of drug-likeness (QED) is 0.614. The Morgan fingerprint density at radius 3 is 2.45 bits per heavy atom. The number of carbonyl (C=O) groups is 1. The summed E-state index contributed by atoms with van der Waals surface area (Å²) in [6, 6.07) is 15.1. The molecule has 0 saturated carbocycles. The van der Waals surface area contributed by atoms with Crippen molar-refractivity contribution >= 4 is 29.1 Å². The second-order valence-electron chi connectivity index (χ2n) is 7.18. The highest BCUT2D eigenvalue weighted by atomic mass is 35.5. The minimum atomic E-state index is -0.203. The summed E-state index contributed by atoms with van der Waals surface area (Å²) in [7, 11) is 0. The largest absolute Gasteiger partial charge is 0.286 e. The van der Waals surface area contributed by atoms with E-state index in [0.717, 1.165) is 42.8 Å². The molecule has 2 heterocycles. The van der Waals surface area contributed by atoms with E-state index in [4.69, 9.17) is 23.2 Å². The molecule has 1 amide bonds. The van der Waals surface area contributed by atoms with E-state index in [-0.39, 0.29) is 5.91 Å². The smallest absolute Gasteiger partial charge is 0.283 e. The summed E-state index contributed by atoms with van der Waals surface area (Å²) in [5.41, 5.74) is 6.67. The van der Waals surface area contributed by atoms with Gasteiger partial charge in [-0.15, -0.1) is 0 Å². The van der Waals surface area contributed by atoms with Crippen LogP contribution in [0.25, 0.3) is 16.9 Å². The van der Waals surface area contributed by atoms with Crippen molar-refractivity contribution < 1.29 is 4.79 Å². The summed E-state index contributed by atoms with van der Waals surface area (Å²) < 4.78 is 1.73. The zero-order valence-corrected chi connectivity index (χ0v) is 17.7. The van der Waals surface area contributed by atoms with E-state index < -0.39 is 0 Å². The maximum atomic E-state index is 13.0. The molecule has 5 nitrogen and oxygen atoms in total. The number of aromatic nitrogens is 2. The van der Waals surface area contributed by atoms with Gasteiger partial charge in [0.05, 0.1) is 16.4 Å². The lowest BCUT2D eigenvalue weighted by molar-refractivity contribution is 0.0743. The first-order valence-electron chi connectivity index (χ1n) is 9.71. The van der Waals surface area contributed by atoms with Gasteiger partial charge in [-0.25, -0.2) is 9.69 Å². The summed E-state index contributed by atoms with van der Waals surface area (Å²) in [6.07, 6.45) is 3.37. The van der Waals surface area contributed by atoms with Gasteiger partial charge in [-0.2, -0.15) is 5.10 Å². The Balaban J connectivity index is 1.79. The van der Waals surface area contributed by atoms with Crippen molar-refractivity contribution in [2.75, 3.05) is 13.1 Å². The molecule has 0 bridgehead atoms. The molecule has 0 unspecified atom stereocenters. The van der Waals surface area contributed by atoms with E-state index in [1.165, 1.54) is 6.42 Å². The molecule has 1 aliphatic heterocycles. The molecule has 0 aliphatic carbocycles. The Morgan fingerprint density at radius 2 is 1.76 bits per heavy atom. The molecule has 1 N–H and O–H groups in total. The second kappa shape index (κ2) is 8.57. The third-order valence-corrected chi connectivity index (χ3v) is 5.68. The maximum absolute atomic E-state index is 13.0. The van der Waals surface area contributed by atoms with Crippen LogP contribution in [0.2, 0.25) is 10.0 Å². The molecule has 4 rings (SSSR count). The molecule has 3 aromatic rings. The summed E-state index contributed by atoms with van der Waals surface area (Å²) in [4.78, 5) is 13.0. The number of halogens is 2. The third kappa shape index (κ3) is 4.17. The summed E-state index contributed by atoms with van der Waals surface area (Å²) in [6.45, 7) is 3.64. The number of hydrogen-bond acceptors (Lipinski definition) is 3. The van der Waals surface area contributed by atoms with E-state index in [0.29, 0.717) is 21.4 Å². The molecule has 7 heteroatoms. The monoisotopic (exact) mass is 428 g/mol. The van der Waals surface area contributed by atoms with Crippen LogP contribution in [0.4, 0.5) is 0 Å². The first-order valence-corrected chi connectivity index (χ1v) is 10.5. The number of nitrogens with zero attached hydrogens (tertiary/aromatic N) is 3. The molecule has 0 spiro atoms. The van der Waals surface area contributed by atoms with E-state index in [1.54, 1.807) is 16.8 Å². The summed E-state index contributed by atoms with van der Waals surface area (Å²) >= 11 is 12.5. The number of piperidine rings is 1. The fraction of sp³-hybridized carbons (Fsp3) is 0.273. The predicted molar refractivity (Wildman–Crippen MR) is 117 cm³/mol. The molecule has 1 aromatic heterocycles. The summed E-state index contributed by atoms with van der Waals surface area (Å²) in [5.74, 6) is -0.203. The molecule has 1 aliphatic rings. The molecule has 0 radical (unpaired) electrons. The molecular formula is C22H22Cl2N4O. The molecule has 1 saturated heterocycles. The van der Waals surface area contributed by atoms with Crippen molar-refractivity contribution in [3.05, 3.63) is 69.8 Å². The van der Waals surface area contributed by atoms with Gasteiger partial charge < -0.3 is 0 Å².